The maximum absolute atomic E-state index is 14.1. The van der Waals surface area contributed by atoms with E-state index in [0.29, 0.717) is 24.4 Å². The number of aryl methyl sites for hydroxylation is 1. The lowest BCUT2D eigenvalue weighted by atomic mass is 10.1. The van der Waals surface area contributed by atoms with Crippen LogP contribution < -0.4 is 10.2 Å². The van der Waals surface area contributed by atoms with Crippen LogP contribution in [0.5, 0.6) is 0 Å². The standard InChI is InChI=1S/C35H34F4N4O6S/c1-24-9-12-30(13-10-24)50(45,46)49-20-19-48-18-17-47-16-15-42(2)28-7-4-8-29(23-28)43-32-14-11-27(36)22-31(32)40-34(43)41-33(44)25-5-3-6-26(21-25)35(37,38)39/h3-14,21-23H,15-20H2,1-2H3,(H,40,41,44). The van der Waals surface area contributed by atoms with Gasteiger partial charge in [0.2, 0.25) is 5.95 Å². The molecule has 1 amide bonds. The van der Waals surface area contributed by atoms with E-state index in [0.717, 1.165) is 29.4 Å². The van der Waals surface area contributed by atoms with Crippen molar-refractivity contribution in [2.45, 2.75) is 18.0 Å². The summed E-state index contributed by atoms with van der Waals surface area (Å²) in [4.78, 5) is 19.5. The molecule has 1 heterocycles. The third-order valence-electron chi connectivity index (χ3n) is 7.54. The van der Waals surface area contributed by atoms with E-state index in [1.807, 2.05) is 31.0 Å². The van der Waals surface area contributed by atoms with Crippen molar-refractivity contribution in [3.8, 4) is 5.69 Å². The molecule has 0 bridgehead atoms. The summed E-state index contributed by atoms with van der Waals surface area (Å²) in [6.45, 7) is 3.12. The van der Waals surface area contributed by atoms with Gasteiger partial charge in [-0.1, -0.05) is 29.8 Å². The number of hydrogen-bond acceptors (Lipinski definition) is 8. The number of aromatic nitrogens is 2. The number of rotatable bonds is 15. The fraction of sp³-hybridized carbons (Fsp3) is 0.257. The van der Waals surface area contributed by atoms with Crippen molar-refractivity contribution in [3.63, 3.8) is 0 Å². The topological polar surface area (TPSA) is 112 Å². The molecule has 264 valence electrons. The van der Waals surface area contributed by atoms with E-state index in [4.69, 9.17) is 13.7 Å². The normalized spacial score (nSPS) is 12.0. The van der Waals surface area contributed by atoms with Gasteiger partial charge in [0.05, 0.1) is 60.2 Å². The summed E-state index contributed by atoms with van der Waals surface area (Å²) in [5, 5.41) is 2.58. The summed E-state index contributed by atoms with van der Waals surface area (Å²) < 4.78 is 96.0. The van der Waals surface area contributed by atoms with Crippen LogP contribution in [-0.2, 0) is 30.0 Å². The molecule has 0 unspecified atom stereocenters. The zero-order valence-corrected chi connectivity index (χ0v) is 27.9. The Balaban J connectivity index is 1.16. The van der Waals surface area contributed by atoms with Crippen molar-refractivity contribution >= 4 is 38.7 Å². The second kappa shape index (κ2) is 15.8. The monoisotopic (exact) mass is 714 g/mol. The quantitative estimate of drug-likeness (QED) is 0.0732. The second-order valence-corrected chi connectivity index (χ2v) is 12.8. The van der Waals surface area contributed by atoms with E-state index in [2.05, 4.69) is 10.3 Å². The molecule has 0 radical (unpaired) electrons. The molecule has 5 rings (SSSR count). The highest BCUT2D eigenvalue weighted by Gasteiger charge is 2.31. The van der Waals surface area contributed by atoms with Gasteiger partial charge >= 0.3 is 6.18 Å². The van der Waals surface area contributed by atoms with Gasteiger partial charge in [-0.3, -0.25) is 18.9 Å². The number of nitrogens with zero attached hydrogens (tertiary/aromatic N) is 3. The molecule has 50 heavy (non-hydrogen) atoms. The first kappa shape index (κ1) is 36.5. The predicted molar refractivity (Wildman–Crippen MR) is 180 cm³/mol. The number of carbonyl (C=O) groups excluding carboxylic acids is 1. The van der Waals surface area contributed by atoms with Crippen LogP contribution in [0.15, 0.2) is 95.9 Å². The molecule has 5 aromatic rings. The van der Waals surface area contributed by atoms with E-state index in [9.17, 15) is 30.8 Å². The first-order valence-electron chi connectivity index (χ1n) is 15.4. The predicted octanol–water partition coefficient (Wildman–Crippen LogP) is 6.62. The Bertz CT molecular complexity index is 2050. The molecule has 1 aromatic heterocycles. The van der Waals surface area contributed by atoms with Crippen LogP contribution in [0.2, 0.25) is 0 Å². The minimum Gasteiger partial charge on any atom is -0.377 e. The fourth-order valence-corrected chi connectivity index (χ4v) is 5.80. The lowest BCUT2D eigenvalue weighted by Crippen LogP contribution is -2.23. The van der Waals surface area contributed by atoms with Gasteiger partial charge in [0, 0.05) is 30.9 Å². The molecule has 4 aromatic carbocycles. The average molecular weight is 715 g/mol. The van der Waals surface area contributed by atoms with Crippen LogP contribution >= 0.6 is 0 Å². The summed E-state index contributed by atoms with van der Waals surface area (Å²) >= 11 is 0. The smallest absolute Gasteiger partial charge is 0.377 e. The van der Waals surface area contributed by atoms with Crippen molar-refractivity contribution in [2.24, 2.45) is 0 Å². The molecule has 1 N–H and O–H groups in total. The summed E-state index contributed by atoms with van der Waals surface area (Å²) in [7, 11) is -2.01. The number of halogens is 4. The molecule has 10 nitrogen and oxygen atoms in total. The first-order chi connectivity index (χ1) is 23.8. The van der Waals surface area contributed by atoms with E-state index < -0.39 is 33.6 Å². The molecule has 0 atom stereocenters. The zero-order valence-electron chi connectivity index (χ0n) is 27.1. The van der Waals surface area contributed by atoms with Crippen LogP contribution in [0.4, 0.5) is 29.2 Å². The maximum Gasteiger partial charge on any atom is 0.416 e. The molecule has 0 aliphatic heterocycles. The number of amides is 1. The van der Waals surface area contributed by atoms with Gasteiger partial charge in [0.15, 0.2) is 0 Å². The summed E-state index contributed by atoms with van der Waals surface area (Å²) in [6, 6.07) is 21.5. The van der Waals surface area contributed by atoms with Gasteiger partial charge in [-0.15, -0.1) is 0 Å². The average Bonchev–Trinajstić information content (AvgIpc) is 3.43. The van der Waals surface area contributed by atoms with E-state index >= 15 is 0 Å². The maximum atomic E-state index is 14.1. The van der Waals surface area contributed by atoms with Crippen molar-refractivity contribution < 1.29 is 44.4 Å². The van der Waals surface area contributed by atoms with Crippen LogP contribution in [0.3, 0.4) is 0 Å². The largest absolute Gasteiger partial charge is 0.416 e. The summed E-state index contributed by atoms with van der Waals surface area (Å²) in [6.07, 6.45) is -4.63. The Labute approximate surface area is 286 Å². The molecule has 0 saturated carbocycles. The number of carbonyl (C=O) groups is 1. The van der Waals surface area contributed by atoms with Crippen molar-refractivity contribution in [2.75, 3.05) is 56.8 Å². The van der Waals surface area contributed by atoms with Crippen molar-refractivity contribution in [1.82, 2.24) is 9.55 Å². The lowest BCUT2D eigenvalue weighted by molar-refractivity contribution is -0.137. The highest BCUT2D eigenvalue weighted by atomic mass is 32.2. The third kappa shape index (κ3) is 9.24. The molecule has 0 aliphatic carbocycles. The molecule has 0 saturated heterocycles. The third-order valence-corrected chi connectivity index (χ3v) is 8.87. The molecular formula is C35H34F4N4O6S. The molecule has 0 aliphatic rings. The Hall–Kier alpha value is -4.83. The minimum absolute atomic E-state index is 0.00528. The summed E-state index contributed by atoms with van der Waals surface area (Å²) in [5.41, 5.74) is 1.78. The van der Waals surface area contributed by atoms with Gasteiger partial charge in [-0.2, -0.15) is 21.6 Å². The fourth-order valence-electron chi connectivity index (χ4n) is 4.91. The highest BCUT2D eigenvalue weighted by Crippen LogP contribution is 2.31. The highest BCUT2D eigenvalue weighted by molar-refractivity contribution is 7.86. The lowest BCUT2D eigenvalue weighted by Gasteiger charge is -2.21. The number of alkyl halides is 3. The SMILES string of the molecule is Cc1ccc(S(=O)(=O)OCCOCCOCCN(C)c2cccc(-n3c(NC(=O)c4cccc(C(F)(F)F)c4)nc4cc(F)ccc43)c2)cc1. The van der Waals surface area contributed by atoms with Gasteiger partial charge < -0.3 is 14.4 Å². The van der Waals surface area contributed by atoms with Crippen LogP contribution in [0.1, 0.15) is 21.5 Å². The van der Waals surface area contributed by atoms with Gasteiger partial charge in [-0.05, 0) is 67.6 Å². The zero-order chi connectivity index (χ0) is 35.9. The Kier molecular flexibility index (Phi) is 11.5. The molecule has 0 fully saturated rings. The van der Waals surface area contributed by atoms with Crippen LogP contribution in [0, 0.1) is 12.7 Å². The Morgan fingerprint density at radius 1 is 0.880 bits per heavy atom. The van der Waals surface area contributed by atoms with Crippen LogP contribution in [-0.4, -0.2) is 70.5 Å². The number of likely N-dealkylation sites (N-methyl/N-ethyl adjacent to an activating group) is 1. The van der Waals surface area contributed by atoms with E-state index in [1.165, 1.54) is 36.4 Å². The molecular weight excluding hydrogens is 680 g/mol. The van der Waals surface area contributed by atoms with Gasteiger partial charge in [0.1, 0.15) is 5.82 Å². The minimum atomic E-state index is -4.63. The van der Waals surface area contributed by atoms with Crippen LogP contribution in [0.25, 0.3) is 16.7 Å². The van der Waals surface area contributed by atoms with Crippen molar-refractivity contribution in [1.29, 1.82) is 0 Å². The number of nitrogens with one attached hydrogen (secondary N) is 1. The number of anilines is 2. The van der Waals surface area contributed by atoms with E-state index in [1.54, 1.807) is 28.8 Å². The first-order valence-corrected chi connectivity index (χ1v) is 16.8. The second-order valence-electron chi connectivity index (χ2n) is 11.2. The summed E-state index contributed by atoms with van der Waals surface area (Å²) in [5.74, 6) is -1.37. The Morgan fingerprint density at radius 2 is 1.58 bits per heavy atom. The Morgan fingerprint density at radius 3 is 2.32 bits per heavy atom. The van der Waals surface area contributed by atoms with Gasteiger partial charge in [-0.25, -0.2) is 9.37 Å². The number of fused-ring (bicyclic) bond motifs is 1. The number of benzene rings is 4. The number of imidazole rings is 1. The van der Waals surface area contributed by atoms with Crippen molar-refractivity contribution in [3.05, 3.63) is 114 Å². The molecule has 15 heteroatoms. The van der Waals surface area contributed by atoms with Gasteiger partial charge in [0.25, 0.3) is 16.0 Å². The number of ether oxygens (including phenoxy) is 2. The molecule has 0 spiro atoms. The van der Waals surface area contributed by atoms with E-state index in [-0.39, 0.29) is 48.4 Å². The number of hydrogen-bond donors (Lipinski definition) is 1.